The van der Waals surface area contributed by atoms with E-state index in [9.17, 15) is 8.42 Å². The first-order valence-corrected chi connectivity index (χ1v) is 7.45. The van der Waals surface area contributed by atoms with E-state index in [-0.39, 0.29) is 12.3 Å². The second-order valence-corrected chi connectivity index (χ2v) is 6.03. The van der Waals surface area contributed by atoms with Crippen LogP contribution in [-0.2, 0) is 22.2 Å². The van der Waals surface area contributed by atoms with Crippen LogP contribution in [0.2, 0.25) is 0 Å². The van der Waals surface area contributed by atoms with Gasteiger partial charge < -0.3 is 0 Å². The van der Waals surface area contributed by atoms with Crippen molar-refractivity contribution in [2.45, 2.75) is 19.1 Å². The van der Waals surface area contributed by atoms with Crippen LogP contribution in [0.25, 0.3) is 0 Å². The molecule has 1 aromatic carbocycles. The van der Waals surface area contributed by atoms with Crippen LogP contribution in [-0.4, -0.2) is 35.6 Å². The van der Waals surface area contributed by atoms with E-state index in [0.29, 0.717) is 12.2 Å². The highest BCUT2D eigenvalue weighted by atomic mass is 32.2. The summed E-state index contributed by atoms with van der Waals surface area (Å²) < 4.78 is 26.2. The zero-order chi connectivity index (χ0) is 13.7. The van der Waals surface area contributed by atoms with Crippen LogP contribution in [0, 0.1) is 6.92 Å². The molecule has 8 heteroatoms. The molecule has 0 spiro atoms. The van der Waals surface area contributed by atoms with E-state index in [0.717, 1.165) is 11.1 Å². The van der Waals surface area contributed by atoms with Crippen molar-refractivity contribution >= 4 is 10.0 Å². The average molecular weight is 281 g/mol. The monoisotopic (exact) mass is 281 g/mol. The number of aryl methyl sites for hydroxylation is 1. The van der Waals surface area contributed by atoms with Crippen molar-refractivity contribution in [3.63, 3.8) is 0 Å². The summed E-state index contributed by atoms with van der Waals surface area (Å²) in [6, 6.07) is 7.43. The largest absolute Gasteiger partial charge is 0.215 e. The minimum Gasteiger partial charge on any atom is -0.214 e. The molecule has 0 saturated heterocycles. The van der Waals surface area contributed by atoms with Crippen molar-refractivity contribution in [3.8, 4) is 0 Å². The first-order chi connectivity index (χ1) is 9.05. The number of hydrogen-bond donors (Lipinski definition) is 2. The smallest absolute Gasteiger partial charge is 0.214 e. The van der Waals surface area contributed by atoms with Gasteiger partial charge in [-0.25, -0.2) is 13.1 Å². The molecule has 0 aliphatic rings. The van der Waals surface area contributed by atoms with Gasteiger partial charge in [-0.1, -0.05) is 35.0 Å². The Morgan fingerprint density at radius 3 is 2.89 bits per heavy atom. The van der Waals surface area contributed by atoms with Crippen molar-refractivity contribution in [1.82, 2.24) is 25.3 Å². The fraction of sp³-hybridized carbons (Fsp3) is 0.364. The second-order valence-electron chi connectivity index (χ2n) is 4.22. The highest BCUT2D eigenvalue weighted by molar-refractivity contribution is 7.88. The summed E-state index contributed by atoms with van der Waals surface area (Å²) in [4.78, 5) is 0. The summed E-state index contributed by atoms with van der Waals surface area (Å²) in [5, 5.41) is 13.2. The van der Waals surface area contributed by atoms with E-state index in [2.05, 4.69) is 25.3 Å². The first-order valence-electron chi connectivity index (χ1n) is 5.80. The fourth-order valence-corrected chi connectivity index (χ4v) is 2.81. The van der Waals surface area contributed by atoms with Gasteiger partial charge in [0.25, 0.3) is 0 Å². The van der Waals surface area contributed by atoms with Gasteiger partial charge in [-0.2, -0.15) is 5.21 Å². The number of nitrogens with one attached hydrogen (secondary N) is 2. The zero-order valence-corrected chi connectivity index (χ0v) is 11.3. The Labute approximate surface area is 111 Å². The number of sulfonamides is 1. The molecular weight excluding hydrogens is 266 g/mol. The Morgan fingerprint density at radius 2 is 2.21 bits per heavy atom. The molecule has 0 amide bonds. The second kappa shape index (κ2) is 5.89. The molecule has 0 aliphatic carbocycles. The maximum atomic E-state index is 11.9. The maximum absolute atomic E-state index is 11.9. The Morgan fingerprint density at radius 1 is 1.37 bits per heavy atom. The molecule has 0 aliphatic heterocycles. The third-order valence-corrected chi connectivity index (χ3v) is 3.86. The lowest BCUT2D eigenvalue weighted by Gasteiger charge is -2.06. The Hall–Kier alpha value is -1.80. The Bertz CT molecular complexity index is 624. The lowest BCUT2D eigenvalue weighted by Crippen LogP contribution is -2.27. The number of tetrazole rings is 1. The molecule has 0 radical (unpaired) electrons. The van der Waals surface area contributed by atoms with E-state index in [1.54, 1.807) is 6.07 Å². The highest BCUT2D eigenvalue weighted by Gasteiger charge is 2.11. The van der Waals surface area contributed by atoms with Gasteiger partial charge in [-0.3, -0.25) is 0 Å². The fourth-order valence-electron chi connectivity index (χ4n) is 1.68. The molecule has 0 bridgehead atoms. The van der Waals surface area contributed by atoms with Gasteiger partial charge in [-0.05, 0) is 12.5 Å². The number of H-pyrrole nitrogens is 1. The van der Waals surface area contributed by atoms with Crippen LogP contribution < -0.4 is 4.72 Å². The van der Waals surface area contributed by atoms with Gasteiger partial charge in [0.2, 0.25) is 10.0 Å². The summed E-state index contributed by atoms with van der Waals surface area (Å²) in [7, 11) is -3.34. The van der Waals surface area contributed by atoms with Crippen LogP contribution in [0.15, 0.2) is 24.3 Å². The van der Waals surface area contributed by atoms with E-state index in [1.807, 2.05) is 25.1 Å². The van der Waals surface area contributed by atoms with Crippen molar-refractivity contribution in [2.75, 3.05) is 6.54 Å². The minimum atomic E-state index is -3.34. The van der Waals surface area contributed by atoms with Crippen molar-refractivity contribution in [1.29, 1.82) is 0 Å². The number of hydrogen-bond acceptors (Lipinski definition) is 5. The van der Waals surface area contributed by atoms with E-state index in [1.165, 1.54) is 0 Å². The molecule has 19 heavy (non-hydrogen) atoms. The van der Waals surface area contributed by atoms with Crippen LogP contribution in [0.1, 0.15) is 17.0 Å². The topological polar surface area (TPSA) is 101 Å². The quantitative estimate of drug-likeness (QED) is 0.786. The molecule has 7 nitrogen and oxygen atoms in total. The van der Waals surface area contributed by atoms with Gasteiger partial charge in [0.05, 0.1) is 5.75 Å². The third kappa shape index (κ3) is 4.42. The summed E-state index contributed by atoms with van der Waals surface area (Å²) in [5.74, 6) is 0.458. The van der Waals surface area contributed by atoms with Crippen LogP contribution >= 0.6 is 0 Å². The number of benzene rings is 1. The standard InChI is InChI=1S/C11H15N5O2S/c1-9-3-2-4-10(7-9)8-19(17,18)12-6-5-11-13-15-16-14-11/h2-4,7,12H,5-6,8H2,1H3,(H,13,14,15,16). The summed E-state index contributed by atoms with van der Waals surface area (Å²) in [5.41, 5.74) is 1.81. The molecule has 1 aromatic heterocycles. The third-order valence-electron chi connectivity index (χ3n) is 2.50. The highest BCUT2D eigenvalue weighted by Crippen LogP contribution is 2.07. The predicted octanol–water partition coefficient (Wildman–Crippen LogP) is 0.170. The van der Waals surface area contributed by atoms with Crippen molar-refractivity contribution < 1.29 is 8.42 Å². The van der Waals surface area contributed by atoms with Gasteiger partial charge in [0, 0.05) is 13.0 Å². The van der Waals surface area contributed by atoms with Crippen molar-refractivity contribution in [3.05, 3.63) is 41.2 Å². The molecule has 102 valence electrons. The normalized spacial score (nSPS) is 11.6. The van der Waals surface area contributed by atoms with Gasteiger partial charge in [-0.15, -0.1) is 10.2 Å². The Kier molecular flexibility index (Phi) is 4.23. The zero-order valence-electron chi connectivity index (χ0n) is 10.5. The molecule has 0 unspecified atom stereocenters. The molecule has 0 saturated carbocycles. The number of rotatable bonds is 6. The number of nitrogens with zero attached hydrogens (tertiary/aromatic N) is 3. The molecule has 1 heterocycles. The average Bonchev–Trinajstić information content (AvgIpc) is 2.81. The summed E-state index contributed by atoms with van der Waals surface area (Å²) in [6.07, 6.45) is 0.406. The Balaban J connectivity index is 1.88. The lowest BCUT2D eigenvalue weighted by molar-refractivity contribution is 0.580. The van der Waals surface area contributed by atoms with E-state index < -0.39 is 10.0 Å². The van der Waals surface area contributed by atoms with Gasteiger partial charge in [0.15, 0.2) is 5.82 Å². The van der Waals surface area contributed by atoms with E-state index in [4.69, 9.17) is 0 Å². The molecule has 0 fully saturated rings. The summed E-state index contributed by atoms with van der Waals surface area (Å²) in [6.45, 7) is 2.19. The first kappa shape index (κ1) is 13.6. The SMILES string of the molecule is Cc1cccc(CS(=O)(=O)NCCc2nn[nH]n2)c1. The molecular formula is C11H15N5O2S. The number of aromatic amines is 1. The maximum Gasteiger partial charge on any atom is 0.215 e. The van der Waals surface area contributed by atoms with Crippen LogP contribution in [0.3, 0.4) is 0 Å². The molecule has 2 N–H and O–H groups in total. The minimum absolute atomic E-state index is 0.0269. The molecule has 0 atom stereocenters. The summed E-state index contributed by atoms with van der Waals surface area (Å²) >= 11 is 0. The predicted molar refractivity (Wildman–Crippen MR) is 69.7 cm³/mol. The van der Waals surface area contributed by atoms with Crippen molar-refractivity contribution in [2.24, 2.45) is 0 Å². The number of aromatic nitrogens is 4. The van der Waals surface area contributed by atoms with E-state index >= 15 is 0 Å². The van der Waals surface area contributed by atoms with Crippen LogP contribution in [0.4, 0.5) is 0 Å². The van der Waals surface area contributed by atoms with Crippen LogP contribution in [0.5, 0.6) is 0 Å². The van der Waals surface area contributed by atoms with Gasteiger partial charge in [0.1, 0.15) is 0 Å². The molecule has 2 aromatic rings. The van der Waals surface area contributed by atoms with Gasteiger partial charge >= 0.3 is 0 Å². The molecule has 2 rings (SSSR count). The lowest BCUT2D eigenvalue weighted by atomic mass is 10.2.